The maximum atomic E-state index is 12.6. The molecule has 162 valence electrons. The number of fused-ring (bicyclic) bond motifs is 3. The molecule has 0 fully saturated rings. The predicted octanol–water partition coefficient (Wildman–Crippen LogP) is 7.95. The van der Waals surface area contributed by atoms with Crippen LogP contribution in [0.2, 0.25) is 10.0 Å². The first kappa shape index (κ1) is 21.5. The molecule has 7 heteroatoms. The lowest BCUT2D eigenvalue weighted by Crippen LogP contribution is -2.17. The molecular formula is C26H16Cl2N2O2S. The van der Waals surface area contributed by atoms with Crippen molar-refractivity contribution in [2.75, 3.05) is 11.9 Å². The monoisotopic (exact) mass is 490 g/mol. The van der Waals surface area contributed by atoms with Crippen LogP contribution in [0.4, 0.5) is 9.80 Å². The van der Waals surface area contributed by atoms with E-state index in [2.05, 4.69) is 35.7 Å². The highest BCUT2D eigenvalue weighted by atomic mass is 35.5. The Hall–Kier alpha value is -3.30. The molecule has 0 saturated heterocycles. The summed E-state index contributed by atoms with van der Waals surface area (Å²) in [6.07, 6.45) is -0.612. The van der Waals surface area contributed by atoms with E-state index in [1.165, 1.54) is 11.3 Å². The second-order valence-corrected chi connectivity index (χ2v) is 9.26. The van der Waals surface area contributed by atoms with Gasteiger partial charge in [-0.3, -0.25) is 5.32 Å². The lowest BCUT2D eigenvalue weighted by atomic mass is 9.98. The predicted molar refractivity (Wildman–Crippen MR) is 133 cm³/mol. The van der Waals surface area contributed by atoms with Crippen LogP contribution in [0.5, 0.6) is 0 Å². The fourth-order valence-corrected chi connectivity index (χ4v) is 5.48. The van der Waals surface area contributed by atoms with Crippen LogP contribution in [-0.4, -0.2) is 12.7 Å². The summed E-state index contributed by atoms with van der Waals surface area (Å²) in [7, 11) is 0. The van der Waals surface area contributed by atoms with Crippen LogP contribution in [-0.2, 0) is 4.74 Å². The average Bonchev–Trinajstić information content (AvgIpc) is 3.37. The van der Waals surface area contributed by atoms with E-state index in [4.69, 9.17) is 27.9 Å². The summed E-state index contributed by atoms with van der Waals surface area (Å²) in [5, 5.41) is 15.6. The number of amides is 1. The van der Waals surface area contributed by atoms with Gasteiger partial charge in [0.1, 0.15) is 17.7 Å². The second-order valence-electron chi connectivity index (χ2n) is 7.54. The van der Waals surface area contributed by atoms with Gasteiger partial charge in [0.05, 0.1) is 5.56 Å². The summed E-state index contributed by atoms with van der Waals surface area (Å²) < 4.78 is 5.60. The molecule has 33 heavy (non-hydrogen) atoms. The highest BCUT2D eigenvalue weighted by molar-refractivity contribution is 7.15. The average molecular weight is 491 g/mol. The van der Waals surface area contributed by atoms with E-state index in [1.54, 1.807) is 23.6 Å². The first-order valence-corrected chi connectivity index (χ1v) is 11.8. The van der Waals surface area contributed by atoms with Crippen LogP contribution >= 0.6 is 34.5 Å². The first-order chi connectivity index (χ1) is 16.1. The Kier molecular flexibility index (Phi) is 5.82. The summed E-state index contributed by atoms with van der Waals surface area (Å²) in [6.45, 7) is 0.195. The Labute approximate surface area is 205 Å². The number of rotatable bonds is 4. The van der Waals surface area contributed by atoms with Crippen LogP contribution in [0.25, 0.3) is 22.3 Å². The fraction of sp³-hybridized carbons (Fsp3) is 0.0769. The molecule has 1 N–H and O–H groups in total. The number of anilines is 1. The zero-order valence-electron chi connectivity index (χ0n) is 17.1. The van der Waals surface area contributed by atoms with E-state index in [-0.39, 0.29) is 12.5 Å². The van der Waals surface area contributed by atoms with Crippen LogP contribution in [0.1, 0.15) is 22.6 Å². The topological polar surface area (TPSA) is 62.1 Å². The number of thiophene rings is 1. The van der Waals surface area contributed by atoms with E-state index < -0.39 is 6.09 Å². The van der Waals surface area contributed by atoms with Crippen LogP contribution in [0, 0.1) is 11.3 Å². The maximum absolute atomic E-state index is 12.6. The highest BCUT2D eigenvalue weighted by Gasteiger charge is 2.29. The summed E-state index contributed by atoms with van der Waals surface area (Å²) in [6, 6.07) is 23.5. The fourth-order valence-electron chi connectivity index (χ4n) is 4.19. The molecule has 4 nitrogen and oxygen atoms in total. The van der Waals surface area contributed by atoms with Gasteiger partial charge in [0, 0.05) is 32.5 Å². The molecule has 4 aromatic rings. The quantitative estimate of drug-likeness (QED) is 0.315. The lowest BCUT2D eigenvalue weighted by Gasteiger charge is -2.14. The molecule has 0 aliphatic heterocycles. The van der Waals surface area contributed by atoms with Crippen molar-refractivity contribution in [3.8, 4) is 28.3 Å². The van der Waals surface area contributed by atoms with Crippen LogP contribution in [0.3, 0.4) is 0 Å². The third-order valence-corrected chi connectivity index (χ3v) is 7.14. The lowest BCUT2D eigenvalue weighted by molar-refractivity contribution is 0.158. The number of nitrogens with one attached hydrogen (secondary N) is 1. The molecule has 0 spiro atoms. The van der Waals surface area contributed by atoms with Gasteiger partial charge in [-0.1, -0.05) is 71.7 Å². The minimum atomic E-state index is -0.612. The third kappa shape index (κ3) is 3.98. The van der Waals surface area contributed by atoms with Crippen molar-refractivity contribution in [3.63, 3.8) is 0 Å². The largest absolute Gasteiger partial charge is 0.448 e. The number of benzene rings is 3. The molecule has 1 amide bonds. The van der Waals surface area contributed by atoms with E-state index >= 15 is 0 Å². The first-order valence-electron chi connectivity index (χ1n) is 10.2. The van der Waals surface area contributed by atoms with Crippen LogP contribution < -0.4 is 5.32 Å². The van der Waals surface area contributed by atoms with Gasteiger partial charge in [-0.25, -0.2) is 4.79 Å². The zero-order chi connectivity index (χ0) is 22.9. The Morgan fingerprint density at radius 1 is 0.970 bits per heavy atom. The standard InChI is InChI=1S/C26H16Cl2N2O2S/c27-15-9-10-24(28)20(11-15)23-14-33-25(21(23)12-29)30-26(31)32-13-22-18-7-3-1-5-16(18)17-6-2-4-8-19(17)22/h1-11,14,22H,13H2,(H,30,31). The molecule has 5 rings (SSSR count). The number of carbonyl (C=O) groups is 1. The molecule has 0 unspecified atom stereocenters. The Morgan fingerprint density at radius 3 is 2.30 bits per heavy atom. The van der Waals surface area contributed by atoms with E-state index in [0.29, 0.717) is 31.7 Å². The van der Waals surface area contributed by atoms with Crippen molar-refractivity contribution in [1.82, 2.24) is 0 Å². The van der Waals surface area contributed by atoms with Gasteiger partial charge in [0.15, 0.2) is 0 Å². The van der Waals surface area contributed by atoms with Gasteiger partial charge in [-0.15, -0.1) is 11.3 Å². The smallest absolute Gasteiger partial charge is 0.412 e. The number of hydrogen-bond acceptors (Lipinski definition) is 4. The number of nitrogens with zero attached hydrogens (tertiary/aromatic N) is 1. The van der Waals surface area contributed by atoms with Gasteiger partial charge >= 0.3 is 6.09 Å². The van der Waals surface area contributed by atoms with Gasteiger partial charge in [-0.05, 0) is 40.5 Å². The molecule has 0 radical (unpaired) electrons. The zero-order valence-corrected chi connectivity index (χ0v) is 19.5. The Balaban J connectivity index is 1.34. The van der Waals surface area contributed by atoms with Crippen LogP contribution in [0.15, 0.2) is 72.1 Å². The summed E-state index contributed by atoms with van der Waals surface area (Å²) >= 11 is 13.6. The minimum absolute atomic E-state index is 0.0391. The van der Waals surface area contributed by atoms with E-state index in [9.17, 15) is 10.1 Å². The second kappa shape index (κ2) is 8.92. The molecule has 1 aromatic heterocycles. The molecule has 0 bridgehead atoms. The highest BCUT2D eigenvalue weighted by Crippen LogP contribution is 2.44. The van der Waals surface area contributed by atoms with Crippen molar-refractivity contribution in [2.24, 2.45) is 0 Å². The molecule has 1 aliphatic carbocycles. The SMILES string of the molecule is N#Cc1c(-c2cc(Cl)ccc2Cl)csc1NC(=O)OCC1c2ccccc2-c2ccccc21. The molecule has 0 atom stereocenters. The summed E-state index contributed by atoms with van der Waals surface area (Å²) in [4.78, 5) is 12.6. The number of carbonyl (C=O) groups excluding carboxylic acids is 1. The maximum Gasteiger partial charge on any atom is 0.412 e. The van der Waals surface area contributed by atoms with E-state index in [0.717, 1.165) is 22.3 Å². The van der Waals surface area contributed by atoms with Crippen molar-refractivity contribution >= 4 is 45.6 Å². The number of nitriles is 1. The number of hydrogen-bond donors (Lipinski definition) is 1. The Bertz CT molecular complexity index is 1380. The van der Waals surface area contributed by atoms with Crippen molar-refractivity contribution < 1.29 is 9.53 Å². The Morgan fingerprint density at radius 2 is 1.64 bits per heavy atom. The van der Waals surface area contributed by atoms with Gasteiger partial charge in [-0.2, -0.15) is 5.26 Å². The van der Waals surface area contributed by atoms with E-state index in [1.807, 2.05) is 24.3 Å². The van der Waals surface area contributed by atoms with Crippen molar-refractivity contribution in [3.05, 3.63) is 98.8 Å². The van der Waals surface area contributed by atoms with Crippen molar-refractivity contribution in [2.45, 2.75) is 5.92 Å². The van der Waals surface area contributed by atoms with Gasteiger partial charge in [0.25, 0.3) is 0 Å². The molecule has 1 heterocycles. The number of halogens is 2. The molecular weight excluding hydrogens is 475 g/mol. The number of ether oxygens (including phenoxy) is 1. The molecule has 1 aliphatic rings. The normalized spacial score (nSPS) is 12.0. The van der Waals surface area contributed by atoms with Gasteiger partial charge < -0.3 is 4.74 Å². The van der Waals surface area contributed by atoms with Gasteiger partial charge in [0.2, 0.25) is 0 Å². The summed E-state index contributed by atoms with van der Waals surface area (Å²) in [5.41, 5.74) is 6.17. The molecule has 3 aromatic carbocycles. The third-order valence-electron chi connectivity index (χ3n) is 5.68. The molecule has 0 saturated carbocycles. The van der Waals surface area contributed by atoms with Crippen molar-refractivity contribution in [1.29, 1.82) is 5.26 Å². The minimum Gasteiger partial charge on any atom is -0.448 e. The summed E-state index contributed by atoms with van der Waals surface area (Å²) in [5.74, 6) is -0.0391.